The van der Waals surface area contributed by atoms with E-state index in [1.54, 1.807) is 0 Å². The standard InChI is InChI=1S/C36H25F12O3P/c37-33(38,39)21-9-19(10-22(15-21)34(40,41)42)27-13-17-5-1-3-7-25(17)29-30-26-8-4-2-6-18(26)14-28(32(30)51-52(49)50-31(27)29)20-11-23(35(43,44)45)16-24(12-20)36(46,47)48/h9-16,49H,1-8H2. The summed E-state index contributed by atoms with van der Waals surface area (Å²) in [5.41, 5.74) is -6.22. The summed E-state index contributed by atoms with van der Waals surface area (Å²) in [5, 5.41) is 0.325. The minimum atomic E-state index is -5.18. The number of hydrogen-bond acceptors (Lipinski definition) is 3. The van der Waals surface area contributed by atoms with Gasteiger partial charge < -0.3 is 8.39 Å². The second-order valence-electron chi connectivity index (χ2n) is 13.0. The number of fused-ring (bicyclic) bond motifs is 7. The monoisotopic (exact) mass is 764 g/mol. The predicted octanol–water partition coefficient (Wildman–Crippen LogP) is 13.2. The van der Waals surface area contributed by atoms with Gasteiger partial charge in [-0.05, 0) is 133 Å². The van der Waals surface area contributed by atoms with E-state index in [4.69, 9.17) is 8.39 Å². The summed E-state index contributed by atoms with van der Waals surface area (Å²) in [7, 11) is -3.14. The van der Waals surface area contributed by atoms with Gasteiger partial charge in [0.05, 0.1) is 22.3 Å². The molecule has 0 atom stereocenters. The molecule has 4 aromatic carbocycles. The molecule has 0 aliphatic heterocycles. The molecule has 0 saturated carbocycles. The summed E-state index contributed by atoms with van der Waals surface area (Å²) in [6.07, 6.45) is -16.9. The molecule has 0 amide bonds. The number of benzene rings is 4. The van der Waals surface area contributed by atoms with Crippen LogP contribution in [0.3, 0.4) is 0 Å². The highest BCUT2D eigenvalue weighted by molar-refractivity contribution is 7.30. The van der Waals surface area contributed by atoms with E-state index in [0.29, 0.717) is 97.9 Å². The smallest absolute Gasteiger partial charge is 0.398 e. The lowest BCUT2D eigenvalue weighted by Gasteiger charge is -2.24. The van der Waals surface area contributed by atoms with Crippen molar-refractivity contribution in [2.75, 3.05) is 0 Å². The number of aryl methyl sites for hydroxylation is 4. The predicted molar refractivity (Wildman–Crippen MR) is 168 cm³/mol. The first-order valence-electron chi connectivity index (χ1n) is 16.0. The van der Waals surface area contributed by atoms with Crippen LogP contribution in [-0.2, 0) is 50.4 Å². The van der Waals surface area contributed by atoms with Crippen LogP contribution >= 0.6 is 8.24 Å². The molecule has 3 nitrogen and oxygen atoms in total. The Morgan fingerprint density at radius 3 is 1.06 bits per heavy atom. The van der Waals surface area contributed by atoms with Gasteiger partial charge in [0.2, 0.25) is 0 Å². The fraction of sp³-hybridized carbons (Fsp3) is 0.333. The van der Waals surface area contributed by atoms with Crippen molar-refractivity contribution in [1.82, 2.24) is 0 Å². The number of alkyl halides is 12. The molecule has 2 aliphatic carbocycles. The topological polar surface area (TPSA) is 46.5 Å². The molecule has 5 aromatic rings. The highest BCUT2D eigenvalue weighted by atomic mass is 31.1. The summed E-state index contributed by atoms with van der Waals surface area (Å²) < 4.78 is 180. The number of halogens is 12. The maximum atomic E-state index is 14.0. The zero-order valence-corrected chi connectivity index (χ0v) is 27.4. The van der Waals surface area contributed by atoms with Gasteiger partial charge in [0.25, 0.3) is 0 Å². The lowest BCUT2D eigenvalue weighted by atomic mass is 9.81. The minimum absolute atomic E-state index is 0.0221. The zero-order chi connectivity index (χ0) is 37.5. The van der Waals surface area contributed by atoms with E-state index in [1.165, 1.54) is 12.1 Å². The minimum Gasteiger partial charge on any atom is -0.398 e. The van der Waals surface area contributed by atoms with Crippen molar-refractivity contribution in [3.05, 3.63) is 93.0 Å². The molecule has 0 unspecified atom stereocenters. The Morgan fingerprint density at radius 1 is 0.442 bits per heavy atom. The van der Waals surface area contributed by atoms with E-state index in [1.807, 2.05) is 0 Å². The van der Waals surface area contributed by atoms with Crippen LogP contribution in [0.1, 0.15) is 70.2 Å². The zero-order valence-electron chi connectivity index (χ0n) is 26.5. The second kappa shape index (κ2) is 12.5. The van der Waals surface area contributed by atoms with Gasteiger partial charge in [-0.25, -0.2) is 0 Å². The van der Waals surface area contributed by atoms with Crippen LogP contribution < -0.4 is 0 Å². The molecule has 16 heteroatoms. The highest BCUT2D eigenvalue weighted by Gasteiger charge is 2.39. The van der Waals surface area contributed by atoms with Crippen LogP contribution in [0.25, 0.3) is 44.2 Å². The van der Waals surface area contributed by atoms with Crippen molar-refractivity contribution in [3.8, 4) is 22.3 Å². The normalized spacial score (nSPS) is 15.6. The van der Waals surface area contributed by atoms with Crippen LogP contribution in [0.2, 0.25) is 0 Å². The SMILES string of the molecule is Op1oc2c(-c3cc(C(F)(F)F)cc(C(F)(F)F)c3)cc3c(c2c2c4c(cc(-c5cc(C(F)(F)F)cc(C(F)(F)F)c5)c2o1)CCCC4)CCCC3. The van der Waals surface area contributed by atoms with Gasteiger partial charge in [-0.1, -0.05) is 0 Å². The van der Waals surface area contributed by atoms with Crippen molar-refractivity contribution in [2.45, 2.75) is 76.1 Å². The molecule has 0 radical (unpaired) electrons. The van der Waals surface area contributed by atoms with E-state index in [-0.39, 0.29) is 45.2 Å². The van der Waals surface area contributed by atoms with E-state index in [9.17, 15) is 57.6 Å². The first-order valence-corrected chi connectivity index (χ1v) is 17.2. The van der Waals surface area contributed by atoms with E-state index in [2.05, 4.69) is 0 Å². The summed E-state index contributed by atoms with van der Waals surface area (Å²) in [5.74, 6) is 0. The third-order valence-electron chi connectivity index (χ3n) is 9.59. The lowest BCUT2D eigenvalue weighted by Crippen LogP contribution is -2.11. The average Bonchev–Trinajstić information content (AvgIpc) is 3.22. The Bertz CT molecular complexity index is 2060. The highest BCUT2D eigenvalue weighted by Crippen LogP contribution is 2.50. The third-order valence-corrected chi connectivity index (χ3v) is 10.3. The van der Waals surface area contributed by atoms with Crippen molar-refractivity contribution in [2.24, 2.45) is 0 Å². The quantitative estimate of drug-likeness (QED) is 0.182. The van der Waals surface area contributed by atoms with Gasteiger partial charge in [0, 0.05) is 21.9 Å². The molecule has 7 rings (SSSR count). The molecule has 0 fully saturated rings. The molecule has 0 bridgehead atoms. The second-order valence-corrected chi connectivity index (χ2v) is 13.8. The Kier molecular flexibility index (Phi) is 8.72. The van der Waals surface area contributed by atoms with Crippen LogP contribution in [0, 0.1) is 0 Å². The molecular formula is C36H25F12O3P. The van der Waals surface area contributed by atoms with Crippen molar-refractivity contribution >= 4 is 30.2 Å². The Balaban J connectivity index is 1.68. The molecular weight excluding hydrogens is 739 g/mol. The van der Waals surface area contributed by atoms with Gasteiger partial charge in [-0.2, -0.15) is 52.7 Å². The fourth-order valence-electron chi connectivity index (χ4n) is 7.31. The summed E-state index contributed by atoms with van der Waals surface area (Å²) >= 11 is 0. The van der Waals surface area contributed by atoms with Gasteiger partial charge in [0.1, 0.15) is 0 Å². The van der Waals surface area contributed by atoms with Crippen molar-refractivity contribution in [3.63, 3.8) is 0 Å². The fourth-order valence-corrected chi connectivity index (χ4v) is 8.04. The van der Waals surface area contributed by atoms with Gasteiger partial charge in [-0.3, -0.25) is 4.89 Å². The first-order chi connectivity index (χ1) is 24.2. The first kappa shape index (κ1) is 36.3. The van der Waals surface area contributed by atoms with Crippen molar-refractivity contribution in [1.29, 1.82) is 0 Å². The average molecular weight is 765 g/mol. The maximum Gasteiger partial charge on any atom is 0.416 e. The molecule has 2 aliphatic rings. The van der Waals surface area contributed by atoms with Crippen LogP contribution in [-0.4, -0.2) is 4.89 Å². The summed E-state index contributed by atoms with van der Waals surface area (Å²) in [6, 6.07) is 4.90. The van der Waals surface area contributed by atoms with E-state index >= 15 is 0 Å². The molecule has 276 valence electrons. The molecule has 0 spiro atoms. The van der Waals surface area contributed by atoms with Crippen LogP contribution in [0.4, 0.5) is 52.7 Å². The van der Waals surface area contributed by atoms with Gasteiger partial charge in [-0.15, -0.1) is 0 Å². The van der Waals surface area contributed by atoms with E-state index in [0.717, 1.165) is 0 Å². The molecule has 1 aromatic heterocycles. The summed E-state index contributed by atoms with van der Waals surface area (Å²) in [6.45, 7) is 0. The maximum absolute atomic E-state index is 14.0. The van der Waals surface area contributed by atoms with E-state index < -0.39 is 66.3 Å². The van der Waals surface area contributed by atoms with Crippen LogP contribution in [0.5, 0.6) is 0 Å². The molecule has 0 saturated heterocycles. The Labute approximate surface area is 287 Å². The molecule has 1 heterocycles. The lowest BCUT2D eigenvalue weighted by molar-refractivity contribution is -0.144. The Hall–Kier alpha value is -4.10. The third kappa shape index (κ3) is 6.66. The molecule has 1 N–H and O–H groups in total. The number of hydrogen-bond donors (Lipinski definition) is 1. The van der Waals surface area contributed by atoms with Crippen molar-refractivity contribution < 1.29 is 66.0 Å². The van der Waals surface area contributed by atoms with Gasteiger partial charge in [0.15, 0.2) is 11.2 Å². The number of rotatable bonds is 2. The van der Waals surface area contributed by atoms with Crippen LogP contribution in [0.15, 0.2) is 56.9 Å². The molecule has 52 heavy (non-hydrogen) atoms. The van der Waals surface area contributed by atoms with Gasteiger partial charge >= 0.3 is 32.9 Å². The largest absolute Gasteiger partial charge is 0.416 e. The Morgan fingerprint density at radius 2 is 0.750 bits per heavy atom. The summed E-state index contributed by atoms with van der Waals surface area (Å²) in [4.78, 5) is 11.2.